The van der Waals surface area contributed by atoms with Crippen LogP contribution < -0.4 is 10.9 Å². The van der Waals surface area contributed by atoms with Crippen molar-refractivity contribution in [2.75, 3.05) is 11.6 Å². The molecule has 1 N–H and O–H groups in total. The van der Waals surface area contributed by atoms with Crippen LogP contribution in [0.5, 0.6) is 0 Å². The molecule has 0 aliphatic carbocycles. The number of hydrogen-bond donors (Lipinski definition) is 1. The zero-order chi connectivity index (χ0) is 21.1. The monoisotopic (exact) mass is 420 g/mol. The number of thioether (sulfide) groups is 1. The van der Waals surface area contributed by atoms with Gasteiger partial charge in [0.05, 0.1) is 6.54 Å². The first-order chi connectivity index (χ1) is 14.5. The van der Waals surface area contributed by atoms with Gasteiger partial charge in [0.25, 0.3) is 5.56 Å². The second-order valence-electron chi connectivity index (χ2n) is 6.86. The van der Waals surface area contributed by atoms with Gasteiger partial charge in [0.15, 0.2) is 11.2 Å². The molecule has 2 heterocycles. The van der Waals surface area contributed by atoms with Crippen LogP contribution in [0.2, 0.25) is 0 Å². The summed E-state index contributed by atoms with van der Waals surface area (Å²) in [5.74, 6) is -0.316. The standard InChI is InChI=1S/C21H20N6O2S/c1-14-6-8-15(9-7-14)11-27-20-19(24-25-27)21(29)26(13-22-20)12-18(28)23-16-4-3-5-17(10-16)30-2/h3-10,13H,11-12H2,1-2H3,(H,23,28). The van der Waals surface area contributed by atoms with E-state index in [0.717, 1.165) is 10.5 Å². The largest absolute Gasteiger partial charge is 0.324 e. The van der Waals surface area contributed by atoms with Crippen molar-refractivity contribution in [3.8, 4) is 0 Å². The summed E-state index contributed by atoms with van der Waals surface area (Å²) in [4.78, 5) is 30.5. The molecule has 9 heteroatoms. The highest BCUT2D eigenvalue weighted by atomic mass is 32.2. The Kier molecular flexibility index (Phi) is 5.62. The third-order valence-electron chi connectivity index (χ3n) is 4.61. The first-order valence-corrected chi connectivity index (χ1v) is 10.5. The Bertz CT molecular complexity index is 1260. The molecule has 0 aliphatic rings. The van der Waals surface area contributed by atoms with Gasteiger partial charge in [-0.2, -0.15) is 0 Å². The molecule has 0 spiro atoms. The quantitative estimate of drug-likeness (QED) is 0.482. The molecule has 0 unspecified atom stereocenters. The maximum absolute atomic E-state index is 12.8. The average Bonchev–Trinajstić information content (AvgIpc) is 3.15. The fourth-order valence-corrected chi connectivity index (χ4v) is 3.49. The molecule has 0 saturated heterocycles. The Hall–Kier alpha value is -3.46. The van der Waals surface area contributed by atoms with Crippen LogP contribution in [0.1, 0.15) is 11.1 Å². The van der Waals surface area contributed by atoms with Gasteiger partial charge in [-0.05, 0) is 36.9 Å². The van der Waals surface area contributed by atoms with E-state index in [0.29, 0.717) is 17.9 Å². The van der Waals surface area contributed by atoms with E-state index in [1.165, 1.54) is 16.5 Å². The van der Waals surface area contributed by atoms with Crippen LogP contribution >= 0.6 is 11.8 Å². The van der Waals surface area contributed by atoms with Crippen molar-refractivity contribution in [2.45, 2.75) is 24.9 Å². The summed E-state index contributed by atoms with van der Waals surface area (Å²) < 4.78 is 2.82. The van der Waals surface area contributed by atoms with Gasteiger partial charge in [0.1, 0.15) is 12.9 Å². The van der Waals surface area contributed by atoms with Crippen molar-refractivity contribution in [1.29, 1.82) is 0 Å². The molecule has 2 aromatic carbocycles. The van der Waals surface area contributed by atoms with E-state index in [2.05, 4.69) is 20.6 Å². The molecule has 0 atom stereocenters. The minimum Gasteiger partial charge on any atom is -0.324 e. The van der Waals surface area contributed by atoms with Crippen LogP contribution in [0.3, 0.4) is 0 Å². The normalized spacial score (nSPS) is 11.0. The third-order valence-corrected chi connectivity index (χ3v) is 5.34. The number of amides is 1. The molecular formula is C21H20N6O2S. The summed E-state index contributed by atoms with van der Waals surface area (Å²) in [6, 6.07) is 15.5. The van der Waals surface area contributed by atoms with Crippen LogP contribution in [0.4, 0.5) is 5.69 Å². The number of rotatable bonds is 6. The zero-order valence-corrected chi connectivity index (χ0v) is 17.4. The number of benzene rings is 2. The summed E-state index contributed by atoms with van der Waals surface area (Å²) in [6.45, 7) is 2.32. The van der Waals surface area contributed by atoms with E-state index < -0.39 is 5.56 Å². The van der Waals surface area contributed by atoms with Gasteiger partial charge in [-0.1, -0.05) is 41.1 Å². The second-order valence-corrected chi connectivity index (χ2v) is 7.74. The topological polar surface area (TPSA) is 94.7 Å². The number of anilines is 1. The van der Waals surface area contributed by atoms with Gasteiger partial charge in [0, 0.05) is 10.6 Å². The maximum Gasteiger partial charge on any atom is 0.283 e. The lowest BCUT2D eigenvalue weighted by Gasteiger charge is -2.08. The fourth-order valence-electron chi connectivity index (χ4n) is 3.03. The molecule has 1 amide bonds. The summed E-state index contributed by atoms with van der Waals surface area (Å²) in [6.07, 6.45) is 3.32. The lowest BCUT2D eigenvalue weighted by molar-refractivity contribution is -0.116. The SMILES string of the molecule is CSc1cccc(NC(=O)Cn2cnc3c(nnn3Cc3ccc(C)cc3)c2=O)c1. The molecule has 8 nitrogen and oxygen atoms in total. The number of carbonyl (C=O) groups excluding carboxylic acids is 1. The van der Waals surface area contributed by atoms with Gasteiger partial charge in [-0.15, -0.1) is 16.9 Å². The molecule has 4 rings (SSSR count). The highest BCUT2D eigenvalue weighted by molar-refractivity contribution is 7.98. The van der Waals surface area contributed by atoms with E-state index in [1.807, 2.05) is 55.6 Å². The highest BCUT2D eigenvalue weighted by Crippen LogP contribution is 2.19. The Balaban J connectivity index is 1.52. The average molecular weight is 420 g/mol. The number of aryl methyl sites for hydroxylation is 1. The third kappa shape index (κ3) is 4.25. The van der Waals surface area contributed by atoms with E-state index >= 15 is 0 Å². The van der Waals surface area contributed by atoms with Crippen LogP contribution in [-0.2, 0) is 17.9 Å². The molecule has 0 bridgehead atoms. The lowest BCUT2D eigenvalue weighted by atomic mass is 10.1. The van der Waals surface area contributed by atoms with Crippen molar-refractivity contribution in [1.82, 2.24) is 24.5 Å². The summed E-state index contributed by atoms with van der Waals surface area (Å²) in [5.41, 5.74) is 3.01. The van der Waals surface area contributed by atoms with Crippen molar-refractivity contribution < 1.29 is 4.79 Å². The number of nitrogens with one attached hydrogen (secondary N) is 1. The molecule has 152 valence electrons. The smallest absolute Gasteiger partial charge is 0.283 e. The Morgan fingerprint density at radius 3 is 2.73 bits per heavy atom. The van der Waals surface area contributed by atoms with E-state index in [1.54, 1.807) is 22.5 Å². The molecule has 30 heavy (non-hydrogen) atoms. The fraction of sp³-hybridized carbons (Fsp3) is 0.190. The molecule has 2 aromatic heterocycles. The molecular weight excluding hydrogens is 400 g/mol. The van der Waals surface area contributed by atoms with Crippen LogP contribution in [-0.4, -0.2) is 36.7 Å². The van der Waals surface area contributed by atoms with E-state index in [9.17, 15) is 9.59 Å². The number of fused-ring (bicyclic) bond motifs is 1. The molecule has 0 radical (unpaired) electrons. The maximum atomic E-state index is 12.8. The van der Waals surface area contributed by atoms with Gasteiger partial charge >= 0.3 is 0 Å². The van der Waals surface area contributed by atoms with Gasteiger partial charge in [-0.25, -0.2) is 9.67 Å². The Morgan fingerprint density at radius 2 is 1.97 bits per heavy atom. The van der Waals surface area contributed by atoms with Crippen LogP contribution in [0.15, 0.2) is 64.5 Å². The Labute approximate surface area is 176 Å². The zero-order valence-electron chi connectivity index (χ0n) is 16.6. The first kappa shape index (κ1) is 19.8. The first-order valence-electron chi connectivity index (χ1n) is 9.31. The molecule has 0 saturated carbocycles. The van der Waals surface area contributed by atoms with Gasteiger partial charge < -0.3 is 5.32 Å². The lowest BCUT2D eigenvalue weighted by Crippen LogP contribution is -2.28. The van der Waals surface area contributed by atoms with Crippen LogP contribution in [0.25, 0.3) is 11.2 Å². The van der Waals surface area contributed by atoms with Gasteiger partial charge in [0.2, 0.25) is 5.91 Å². The summed E-state index contributed by atoms with van der Waals surface area (Å²) in [5, 5.41) is 10.9. The number of nitrogens with zero attached hydrogens (tertiary/aromatic N) is 5. The minimum atomic E-state index is -0.400. The predicted molar refractivity (Wildman–Crippen MR) is 117 cm³/mol. The molecule has 4 aromatic rings. The van der Waals surface area contributed by atoms with E-state index in [-0.39, 0.29) is 18.0 Å². The van der Waals surface area contributed by atoms with Crippen molar-refractivity contribution in [3.63, 3.8) is 0 Å². The molecule has 0 aliphatic heterocycles. The number of hydrogen-bond acceptors (Lipinski definition) is 6. The van der Waals surface area contributed by atoms with Crippen molar-refractivity contribution >= 4 is 34.5 Å². The van der Waals surface area contributed by atoms with Gasteiger partial charge in [-0.3, -0.25) is 14.2 Å². The van der Waals surface area contributed by atoms with Crippen LogP contribution in [0, 0.1) is 6.92 Å². The Morgan fingerprint density at radius 1 is 1.17 bits per heavy atom. The number of carbonyl (C=O) groups is 1. The minimum absolute atomic E-state index is 0.141. The summed E-state index contributed by atoms with van der Waals surface area (Å²) >= 11 is 1.59. The second kappa shape index (κ2) is 8.50. The van der Waals surface area contributed by atoms with Crippen molar-refractivity contribution in [2.24, 2.45) is 0 Å². The van der Waals surface area contributed by atoms with Crippen molar-refractivity contribution in [3.05, 3.63) is 76.3 Å². The predicted octanol–water partition coefficient (Wildman–Crippen LogP) is 2.71. The number of aromatic nitrogens is 5. The summed E-state index contributed by atoms with van der Waals surface area (Å²) in [7, 11) is 0. The molecule has 0 fully saturated rings. The highest BCUT2D eigenvalue weighted by Gasteiger charge is 2.14. The van der Waals surface area contributed by atoms with E-state index in [4.69, 9.17) is 0 Å².